The molecule has 1 atom stereocenters. The minimum Gasteiger partial charge on any atom is -0.497 e. The fourth-order valence-electron chi connectivity index (χ4n) is 3.29. The van der Waals surface area contributed by atoms with Crippen LogP contribution in [0.4, 0.5) is 11.5 Å². The topological polar surface area (TPSA) is 85.2 Å². The minimum absolute atomic E-state index is 0.0724. The van der Waals surface area contributed by atoms with E-state index in [9.17, 15) is 9.59 Å². The maximum Gasteiger partial charge on any atom is 0.231 e. The fourth-order valence-corrected chi connectivity index (χ4v) is 3.29. The number of anilines is 2. The summed E-state index contributed by atoms with van der Waals surface area (Å²) in [6, 6.07) is 16.9. The Balaban J connectivity index is 1.46. The van der Waals surface area contributed by atoms with Crippen molar-refractivity contribution in [1.82, 2.24) is 9.78 Å². The van der Waals surface area contributed by atoms with Gasteiger partial charge in [-0.15, -0.1) is 0 Å². The molecule has 0 saturated carbocycles. The average Bonchev–Trinajstić information content (AvgIpc) is 3.11. The molecule has 28 heavy (non-hydrogen) atoms. The Labute approximate surface area is 162 Å². The van der Waals surface area contributed by atoms with E-state index < -0.39 is 5.92 Å². The molecule has 2 N–H and O–H groups in total. The van der Waals surface area contributed by atoms with Gasteiger partial charge in [-0.1, -0.05) is 36.4 Å². The lowest BCUT2D eigenvalue weighted by molar-refractivity contribution is -0.125. The molecule has 2 aromatic carbocycles. The zero-order valence-electron chi connectivity index (χ0n) is 15.4. The number of nitrogens with zero attached hydrogens (tertiary/aromatic N) is 2. The number of ether oxygens (including phenoxy) is 1. The number of nitrogens with one attached hydrogen (secondary N) is 2. The fraction of sp³-hybridized carbons (Fsp3) is 0.190. The SMILES string of the molecule is COc1cccc(NC(=O)C[C@H]2Cn3ncc(-c4ccccc4)c3NC2=O)c1. The van der Waals surface area contributed by atoms with Crippen LogP contribution in [0.2, 0.25) is 0 Å². The van der Waals surface area contributed by atoms with E-state index in [2.05, 4.69) is 15.7 Å². The van der Waals surface area contributed by atoms with E-state index in [1.807, 2.05) is 30.3 Å². The Kier molecular flexibility index (Phi) is 4.80. The number of carbonyl (C=O) groups is 2. The molecule has 7 heteroatoms. The second kappa shape index (κ2) is 7.56. The molecule has 7 nitrogen and oxygen atoms in total. The molecular formula is C21H20N4O3. The van der Waals surface area contributed by atoms with Gasteiger partial charge < -0.3 is 15.4 Å². The van der Waals surface area contributed by atoms with Gasteiger partial charge in [-0.2, -0.15) is 5.10 Å². The van der Waals surface area contributed by atoms with Gasteiger partial charge in [0.2, 0.25) is 11.8 Å². The van der Waals surface area contributed by atoms with E-state index in [1.54, 1.807) is 42.3 Å². The molecule has 1 aromatic heterocycles. The lowest BCUT2D eigenvalue weighted by Crippen LogP contribution is -2.36. The van der Waals surface area contributed by atoms with Gasteiger partial charge in [0.05, 0.1) is 25.8 Å². The van der Waals surface area contributed by atoms with E-state index >= 15 is 0 Å². The first-order chi connectivity index (χ1) is 13.6. The predicted octanol–water partition coefficient (Wildman–Crippen LogP) is 3.16. The van der Waals surface area contributed by atoms with Crippen LogP contribution in [-0.4, -0.2) is 28.7 Å². The van der Waals surface area contributed by atoms with Crippen molar-refractivity contribution in [2.75, 3.05) is 17.7 Å². The van der Waals surface area contributed by atoms with Crippen molar-refractivity contribution in [2.24, 2.45) is 5.92 Å². The maximum absolute atomic E-state index is 12.6. The van der Waals surface area contributed by atoms with Gasteiger partial charge in [0.15, 0.2) is 0 Å². The third kappa shape index (κ3) is 3.59. The molecule has 3 aromatic rings. The van der Waals surface area contributed by atoms with Gasteiger partial charge in [-0.25, -0.2) is 4.68 Å². The first-order valence-electron chi connectivity index (χ1n) is 9.00. The molecule has 1 aliphatic rings. The summed E-state index contributed by atoms with van der Waals surface area (Å²) in [6.45, 7) is 0.361. The highest BCUT2D eigenvalue weighted by Gasteiger charge is 2.30. The number of benzene rings is 2. The van der Waals surface area contributed by atoms with Crippen molar-refractivity contribution >= 4 is 23.3 Å². The van der Waals surface area contributed by atoms with Crippen molar-refractivity contribution < 1.29 is 14.3 Å². The van der Waals surface area contributed by atoms with Crippen LogP contribution in [0, 0.1) is 5.92 Å². The molecular weight excluding hydrogens is 356 g/mol. The Bertz CT molecular complexity index is 1010. The van der Waals surface area contributed by atoms with E-state index in [1.165, 1.54) is 0 Å². The molecule has 0 spiro atoms. The van der Waals surface area contributed by atoms with Crippen LogP contribution in [0.3, 0.4) is 0 Å². The highest BCUT2D eigenvalue weighted by atomic mass is 16.5. The first kappa shape index (κ1) is 17.8. The molecule has 0 bridgehead atoms. The maximum atomic E-state index is 12.6. The minimum atomic E-state index is -0.485. The van der Waals surface area contributed by atoms with Crippen LogP contribution in [0.5, 0.6) is 5.75 Å². The standard InChI is InChI=1S/C21H20N4O3/c1-28-17-9-5-8-16(11-17)23-19(26)10-15-13-25-20(24-21(15)27)18(12-22-25)14-6-3-2-4-7-14/h2-9,11-12,15H,10,13H2,1H3,(H,23,26)(H,24,27)/t15-/m0/s1. The third-order valence-corrected chi connectivity index (χ3v) is 4.72. The number of rotatable bonds is 5. The number of aromatic nitrogens is 2. The molecule has 0 aliphatic carbocycles. The largest absolute Gasteiger partial charge is 0.497 e. The van der Waals surface area contributed by atoms with Gasteiger partial charge in [-0.05, 0) is 17.7 Å². The van der Waals surface area contributed by atoms with Crippen LogP contribution >= 0.6 is 0 Å². The number of fused-ring (bicyclic) bond motifs is 1. The van der Waals surface area contributed by atoms with E-state index in [0.29, 0.717) is 23.8 Å². The molecule has 0 unspecified atom stereocenters. The summed E-state index contributed by atoms with van der Waals surface area (Å²) >= 11 is 0. The van der Waals surface area contributed by atoms with Crippen LogP contribution in [-0.2, 0) is 16.1 Å². The second-order valence-electron chi connectivity index (χ2n) is 6.63. The Morgan fingerprint density at radius 3 is 2.86 bits per heavy atom. The predicted molar refractivity (Wildman–Crippen MR) is 106 cm³/mol. The third-order valence-electron chi connectivity index (χ3n) is 4.72. The number of hydrogen-bond donors (Lipinski definition) is 2. The van der Waals surface area contributed by atoms with Crippen molar-refractivity contribution in [1.29, 1.82) is 0 Å². The lowest BCUT2D eigenvalue weighted by Gasteiger charge is -2.24. The summed E-state index contributed by atoms with van der Waals surface area (Å²) in [5.74, 6) is 0.434. The molecule has 0 fully saturated rings. The summed E-state index contributed by atoms with van der Waals surface area (Å²) in [6.07, 6.45) is 1.81. The molecule has 1 aliphatic heterocycles. The summed E-state index contributed by atoms with van der Waals surface area (Å²) in [7, 11) is 1.57. The van der Waals surface area contributed by atoms with E-state index in [-0.39, 0.29) is 18.2 Å². The van der Waals surface area contributed by atoms with E-state index in [0.717, 1.165) is 11.1 Å². The number of carbonyl (C=O) groups excluding carboxylic acids is 2. The van der Waals surface area contributed by atoms with Crippen molar-refractivity contribution in [3.8, 4) is 16.9 Å². The normalized spacial score (nSPS) is 15.5. The second-order valence-corrected chi connectivity index (χ2v) is 6.63. The number of methoxy groups -OCH3 is 1. The zero-order valence-corrected chi connectivity index (χ0v) is 15.4. The van der Waals surface area contributed by atoms with Crippen LogP contribution in [0.15, 0.2) is 60.8 Å². The van der Waals surface area contributed by atoms with Crippen molar-refractivity contribution in [2.45, 2.75) is 13.0 Å². The Morgan fingerprint density at radius 2 is 2.07 bits per heavy atom. The van der Waals surface area contributed by atoms with Gasteiger partial charge in [0.25, 0.3) is 0 Å². The van der Waals surface area contributed by atoms with Crippen molar-refractivity contribution in [3.63, 3.8) is 0 Å². The molecule has 4 rings (SSSR count). The van der Waals surface area contributed by atoms with Gasteiger partial charge in [0.1, 0.15) is 11.6 Å². The van der Waals surface area contributed by atoms with Gasteiger partial charge >= 0.3 is 0 Å². The quantitative estimate of drug-likeness (QED) is 0.716. The van der Waals surface area contributed by atoms with Crippen LogP contribution in [0.25, 0.3) is 11.1 Å². The lowest BCUT2D eigenvalue weighted by atomic mass is 10.0. The zero-order chi connectivity index (χ0) is 19.5. The Hall–Kier alpha value is -3.61. The summed E-state index contributed by atoms with van der Waals surface area (Å²) in [5.41, 5.74) is 2.48. The monoisotopic (exact) mass is 376 g/mol. The van der Waals surface area contributed by atoms with Crippen molar-refractivity contribution in [3.05, 3.63) is 60.8 Å². The van der Waals surface area contributed by atoms with E-state index in [4.69, 9.17) is 4.74 Å². The molecule has 2 heterocycles. The molecule has 0 saturated heterocycles. The Morgan fingerprint density at radius 1 is 1.25 bits per heavy atom. The molecule has 0 radical (unpaired) electrons. The van der Waals surface area contributed by atoms with Gasteiger partial charge in [0, 0.05) is 23.7 Å². The summed E-state index contributed by atoms with van der Waals surface area (Å²) in [4.78, 5) is 25.0. The number of hydrogen-bond acceptors (Lipinski definition) is 4. The van der Waals surface area contributed by atoms with Crippen LogP contribution < -0.4 is 15.4 Å². The number of amides is 2. The smallest absolute Gasteiger partial charge is 0.231 e. The molecule has 2 amide bonds. The first-order valence-corrected chi connectivity index (χ1v) is 9.00. The summed E-state index contributed by atoms with van der Waals surface area (Å²) < 4.78 is 6.90. The van der Waals surface area contributed by atoms with Crippen LogP contribution in [0.1, 0.15) is 6.42 Å². The highest BCUT2D eigenvalue weighted by molar-refractivity contribution is 6.00. The van der Waals surface area contributed by atoms with Gasteiger partial charge in [-0.3, -0.25) is 9.59 Å². The highest BCUT2D eigenvalue weighted by Crippen LogP contribution is 2.31. The average molecular weight is 376 g/mol. The summed E-state index contributed by atoms with van der Waals surface area (Å²) in [5, 5.41) is 10.1. The molecule has 142 valence electrons.